The first-order chi connectivity index (χ1) is 22.1. The topological polar surface area (TPSA) is 19.4 Å². The molecule has 236 valence electrons. The number of anilines is 1. The van der Waals surface area contributed by atoms with Gasteiger partial charge in [0.2, 0.25) is 0 Å². The molecule has 1 aromatic heterocycles. The standard InChI is InChI=1S/C42H46FN3/c1-28-20-37(21-29(2)32(28)5)36-9-7-8-34(24-36)26-45-18-15-41(16-19-45)46(40-12-10-39(43)11-13-40)27-35-14-17-44-42(25-35)38-22-30(3)33(6)31(4)23-38/h7-14,17,20-25,41H,15-16,18-19,26-27H2,1-6H3. The summed E-state index contributed by atoms with van der Waals surface area (Å²) in [5.41, 5.74) is 16.3. The van der Waals surface area contributed by atoms with Gasteiger partial charge in [-0.3, -0.25) is 9.88 Å². The molecule has 0 amide bonds. The third-order valence-electron chi connectivity index (χ3n) is 10.1. The fourth-order valence-electron chi connectivity index (χ4n) is 6.87. The Bertz CT molecular complexity index is 1790. The molecule has 0 N–H and O–H groups in total. The molecule has 5 aromatic rings. The van der Waals surface area contributed by atoms with Crippen LogP contribution in [0.5, 0.6) is 0 Å². The van der Waals surface area contributed by atoms with Crippen molar-refractivity contribution in [2.24, 2.45) is 0 Å². The predicted molar refractivity (Wildman–Crippen MR) is 191 cm³/mol. The van der Waals surface area contributed by atoms with Crippen molar-refractivity contribution in [3.8, 4) is 22.4 Å². The lowest BCUT2D eigenvalue weighted by atomic mass is 9.95. The van der Waals surface area contributed by atoms with Gasteiger partial charge < -0.3 is 4.90 Å². The number of nitrogens with zero attached hydrogens (tertiary/aromatic N) is 3. The van der Waals surface area contributed by atoms with Crippen LogP contribution in [-0.2, 0) is 13.1 Å². The van der Waals surface area contributed by atoms with E-state index in [1.807, 2.05) is 18.3 Å². The Morgan fingerprint density at radius 3 is 1.91 bits per heavy atom. The van der Waals surface area contributed by atoms with Crippen molar-refractivity contribution in [1.82, 2.24) is 9.88 Å². The molecule has 0 spiro atoms. The van der Waals surface area contributed by atoms with E-state index in [2.05, 4.69) is 112 Å². The van der Waals surface area contributed by atoms with Gasteiger partial charge in [-0.05, 0) is 165 Å². The van der Waals surface area contributed by atoms with Crippen LogP contribution in [0.4, 0.5) is 10.1 Å². The lowest BCUT2D eigenvalue weighted by Crippen LogP contribution is -2.44. The number of hydrogen-bond donors (Lipinski definition) is 0. The lowest BCUT2D eigenvalue weighted by Gasteiger charge is -2.40. The Morgan fingerprint density at radius 2 is 1.28 bits per heavy atom. The summed E-state index contributed by atoms with van der Waals surface area (Å²) in [6.07, 6.45) is 4.04. The van der Waals surface area contributed by atoms with Gasteiger partial charge in [0.1, 0.15) is 5.82 Å². The van der Waals surface area contributed by atoms with Crippen molar-refractivity contribution in [1.29, 1.82) is 0 Å². The molecule has 3 nitrogen and oxygen atoms in total. The summed E-state index contributed by atoms with van der Waals surface area (Å²) < 4.78 is 14.0. The van der Waals surface area contributed by atoms with Crippen LogP contribution in [-0.4, -0.2) is 29.0 Å². The van der Waals surface area contributed by atoms with Crippen molar-refractivity contribution in [2.75, 3.05) is 18.0 Å². The van der Waals surface area contributed by atoms with Crippen LogP contribution in [0.3, 0.4) is 0 Å². The van der Waals surface area contributed by atoms with Crippen molar-refractivity contribution in [2.45, 2.75) is 73.5 Å². The van der Waals surface area contributed by atoms with Crippen LogP contribution >= 0.6 is 0 Å². The van der Waals surface area contributed by atoms with Gasteiger partial charge in [0.15, 0.2) is 0 Å². The minimum atomic E-state index is -0.201. The summed E-state index contributed by atoms with van der Waals surface area (Å²) >= 11 is 0. The fourth-order valence-corrected chi connectivity index (χ4v) is 6.87. The highest BCUT2D eigenvalue weighted by atomic mass is 19.1. The van der Waals surface area contributed by atoms with E-state index in [0.29, 0.717) is 6.04 Å². The molecule has 0 radical (unpaired) electrons. The van der Waals surface area contributed by atoms with Crippen molar-refractivity contribution in [3.63, 3.8) is 0 Å². The highest BCUT2D eigenvalue weighted by Gasteiger charge is 2.26. The van der Waals surface area contributed by atoms with Gasteiger partial charge in [-0.1, -0.05) is 30.3 Å². The maximum Gasteiger partial charge on any atom is 0.123 e. The zero-order valence-electron chi connectivity index (χ0n) is 28.2. The molecular formula is C42H46FN3. The van der Waals surface area contributed by atoms with Gasteiger partial charge in [-0.15, -0.1) is 0 Å². The van der Waals surface area contributed by atoms with E-state index in [1.165, 1.54) is 55.6 Å². The van der Waals surface area contributed by atoms with Crippen molar-refractivity contribution < 1.29 is 4.39 Å². The maximum absolute atomic E-state index is 14.0. The van der Waals surface area contributed by atoms with Crippen LogP contribution in [0.2, 0.25) is 0 Å². The van der Waals surface area contributed by atoms with E-state index in [-0.39, 0.29) is 5.82 Å². The molecular weight excluding hydrogens is 565 g/mol. The first kappa shape index (κ1) is 31.7. The van der Waals surface area contributed by atoms with Crippen LogP contribution in [0, 0.1) is 47.4 Å². The van der Waals surface area contributed by atoms with Gasteiger partial charge in [0.25, 0.3) is 0 Å². The molecule has 0 unspecified atom stereocenters. The smallest absolute Gasteiger partial charge is 0.123 e. The zero-order chi connectivity index (χ0) is 32.4. The highest BCUT2D eigenvalue weighted by molar-refractivity contribution is 5.67. The van der Waals surface area contributed by atoms with E-state index in [1.54, 1.807) is 12.1 Å². The highest BCUT2D eigenvalue weighted by Crippen LogP contribution is 2.30. The number of likely N-dealkylation sites (tertiary alicyclic amines) is 1. The first-order valence-corrected chi connectivity index (χ1v) is 16.6. The molecule has 1 aliphatic rings. The van der Waals surface area contributed by atoms with E-state index < -0.39 is 0 Å². The first-order valence-electron chi connectivity index (χ1n) is 16.6. The minimum absolute atomic E-state index is 0.201. The van der Waals surface area contributed by atoms with Gasteiger partial charge in [0.05, 0.1) is 5.69 Å². The molecule has 4 heteroatoms. The summed E-state index contributed by atoms with van der Waals surface area (Å²) in [5.74, 6) is -0.201. The third kappa shape index (κ3) is 7.08. The van der Waals surface area contributed by atoms with Crippen LogP contribution in [0.1, 0.15) is 57.3 Å². The third-order valence-corrected chi connectivity index (χ3v) is 10.1. The van der Waals surface area contributed by atoms with E-state index in [0.717, 1.165) is 56.0 Å². The second kappa shape index (κ2) is 13.6. The SMILES string of the molecule is Cc1cc(-c2cccc(CN3CCC(N(Cc4ccnc(-c5cc(C)c(C)c(C)c5)c4)c4ccc(F)cc4)CC3)c2)cc(C)c1C. The maximum atomic E-state index is 14.0. The Morgan fingerprint density at radius 1 is 0.674 bits per heavy atom. The van der Waals surface area contributed by atoms with Crippen LogP contribution in [0.25, 0.3) is 22.4 Å². The molecule has 0 aliphatic carbocycles. The van der Waals surface area contributed by atoms with Gasteiger partial charge in [0, 0.05) is 49.7 Å². The van der Waals surface area contributed by atoms with E-state index in [9.17, 15) is 4.39 Å². The summed E-state index contributed by atoms with van der Waals surface area (Å²) in [4.78, 5) is 9.79. The lowest BCUT2D eigenvalue weighted by molar-refractivity contribution is 0.201. The molecule has 1 saturated heterocycles. The van der Waals surface area contributed by atoms with Gasteiger partial charge in [-0.25, -0.2) is 4.39 Å². The predicted octanol–water partition coefficient (Wildman–Crippen LogP) is 10.1. The number of aryl methyl sites for hydroxylation is 4. The number of aromatic nitrogens is 1. The Hall–Kier alpha value is -4.28. The second-order valence-electron chi connectivity index (χ2n) is 13.3. The number of benzene rings is 4. The largest absolute Gasteiger partial charge is 0.364 e. The molecule has 2 heterocycles. The normalized spacial score (nSPS) is 14.1. The number of rotatable bonds is 8. The average Bonchev–Trinajstić information content (AvgIpc) is 3.06. The summed E-state index contributed by atoms with van der Waals surface area (Å²) in [6, 6.07) is 29.9. The van der Waals surface area contributed by atoms with Gasteiger partial charge >= 0.3 is 0 Å². The molecule has 6 rings (SSSR count). The molecule has 0 saturated carbocycles. The average molecular weight is 612 g/mol. The van der Waals surface area contributed by atoms with E-state index >= 15 is 0 Å². The van der Waals surface area contributed by atoms with Crippen molar-refractivity contribution in [3.05, 3.63) is 141 Å². The molecule has 46 heavy (non-hydrogen) atoms. The van der Waals surface area contributed by atoms with E-state index in [4.69, 9.17) is 4.98 Å². The summed E-state index contributed by atoms with van der Waals surface area (Å²) in [5, 5.41) is 0. The number of hydrogen-bond acceptors (Lipinski definition) is 3. The molecule has 1 aliphatic heterocycles. The minimum Gasteiger partial charge on any atom is -0.364 e. The quantitative estimate of drug-likeness (QED) is 0.174. The van der Waals surface area contributed by atoms with Gasteiger partial charge in [-0.2, -0.15) is 0 Å². The molecule has 0 atom stereocenters. The summed E-state index contributed by atoms with van der Waals surface area (Å²) in [6.45, 7) is 16.9. The number of piperidine rings is 1. The second-order valence-corrected chi connectivity index (χ2v) is 13.3. The monoisotopic (exact) mass is 611 g/mol. The zero-order valence-corrected chi connectivity index (χ0v) is 28.2. The fraction of sp³-hybridized carbons (Fsp3) is 0.310. The Labute approximate surface area is 274 Å². The molecule has 0 bridgehead atoms. The van der Waals surface area contributed by atoms with Crippen LogP contribution < -0.4 is 4.90 Å². The number of pyridine rings is 1. The van der Waals surface area contributed by atoms with Crippen molar-refractivity contribution >= 4 is 5.69 Å². The summed E-state index contributed by atoms with van der Waals surface area (Å²) in [7, 11) is 0. The Kier molecular flexibility index (Phi) is 9.37. The molecule has 4 aromatic carbocycles. The molecule has 1 fully saturated rings. The Balaban J connectivity index is 1.17. The van der Waals surface area contributed by atoms with Crippen LogP contribution in [0.15, 0.2) is 91.1 Å². The number of halogens is 1.